The molecule has 3 aromatic heterocycles. The minimum atomic E-state index is -0.253. The molecule has 0 aliphatic carbocycles. The van der Waals surface area contributed by atoms with Crippen molar-refractivity contribution in [3.05, 3.63) is 77.6 Å². The quantitative estimate of drug-likeness (QED) is 0.572. The van der Waals surface area contributed by atoms with E-state index in [0.717, 1.165) is 46.0 Å². The summed E-state index contributed by atoms with van der Waals surface area (Å²) in [6, 6.07) is 12.4. The molecule has 136 valence electrons. The van der Waals surface area contributed by atoms with E-state index in [1.165, 1.54) is 12.1 Å². The van der Waals surface area contributed by atoms with Crippen LogP contribution in [0.1, 0.15) is 23.9 Å². The Morgan fingerprint density at radius 1 is 1.15 bits per heavy atom. The van der Waals surface area contributed by atoms with Crippen molar-refractivity contribution in [3.63, 3.8) is 0 Å². The first-order valence-corrected chi connectivity index (χ1v) is 8.93. The molecule has 1 aromatic carbocycles. The minimum Gasteiger partial charge on any atom is -0.366 e. The van der Waals surface area contributed by atoms with Crippen LogP contribution in [0.2, 0.25) is 0 Å². The molecule has 27 heavy (non-hydrogen) atoms. The van der Waals surface area contributed by atoms with Crippen molar-refractivity contribution in [2.24, 2.45) is 0 Å². The molecule has 0 spiro atoms. The molecule has 4 aromatic rings. The van der Waals surface area contributed by atoms with Crippen LogP contribution in [0.15, 0.2) is 54.9 Å². The number of benzene rings is 1. The third-order valence-corrected chi connectivity index (χ3v) is 4.45. The Hall–Kier alpha value is -3.28. The normalized spacial score (nSPS) is 11.1. The first-order valence-electron chi connectivity index (χ1n) is 8.93. The highest BCUT2D eigenvalue weighted by atomic mass is 19.1. The predicted molar refractivity (Wildman–Crippen MR) is 104 cm³/mol. The summed E-state index contributed by atoms with van der Waals surface area (Å²) in [6.07, 6.45) is 4.36. The maximum Gasteiger partial charge on any atom is 0.165 e. The Morgan fingerprint density at radius 3 is 2.67 bits per heavy atom. The van der Waals surface area contributed by atoms with Gasteiger partial charge in [0.15, 0.2) is 5.65 Å². The van der Waals surface area contributed by atoms with Crippen LogP contribution in [0.25, 0.3) is 16.8 Å². The highest BCUT2D eigenvalue weighted by Crippen LogP contribution is 2.30. The van der Waals surface area contributed by atoms with Gasteiger partial charge in [-0.15, -0.1) is 0 Å². The molecule has 0 radical (unpaired) electrons. The monoisotopic (exact) mass is 361 g/mol. The summed E-state index contributed by atoms with van der Waals surface area (Å²) in [4.78, 5) is 8.86. The maximum absolute atomic E-state index is 13.4. The van der Waals surface area contributed by atoms with E-state index in [0.29, 0.717) is 6.54 Å². The van der Waals surface area contributed by atoms with Crippen LogP contribution in [-0.2, 0) is 13.0 Å². The molecule has 0 saturated heterocycles. The van der Waals surface area contributed by atoms with Crippen molar-refractivity contribution in [2.75, 3.05) is 5.32 Å². The van der Waals surface area contributed by atoms with Gasteiger partial charge in [0.05, 0.1) is 5.69 Å². The summed E-state index contributed by atoms with van der Waals surface area (Å²) in [7, 11) is 0. The molecule has 0 fully saturated rings. The Balaban J connectivity index is 1.81. The van der Waals surface area contributed by atoms with E-state index in [-0.39, 0.29) is 5.82 Å². The number of fused-ring (bicyclic) bond motifs is 1. The second-order valence-corrected chi connectivity index (χ2v) is 6.42. The van der Waals surface area contributed by atoms with Crippen LogP contribution in [-0.4, -0.2) is 19.6 Å². The molecule has 0 saturated carbocycles. The Labute approximate surface area is 156 Å². The van der Waals surface area contributed by atoms with Crippen molar-refractivity contribution in [3.8, 4) is 11.1 Å². The SMILES string of the molecule is CCc1nn2c(NCc3cccnc3)cc(C)nc2c1-c1ccc(F)cc1. The van der Waals surface area contributed by atoms with E-state index in [9.17, 15) is 4.39 Å². The number of aromatic nitrogens is 4. The molecule has 0 aliphatic rings. The van der Waals surface area contributed by atoms with E-state index in [1.54, 1.807) is 18.3 Å². The van der Waals surface area contributed by atoms with Gasteiger partial charge in [0.25, 0.3) is 0 Å². The number of pyridine rings is 1. The summed E-state index contributed by atoms with van der Waals surface area (Å²) < 4.78 is 15.2. The lowest BCUT2D eigenvalue weighted by atomic mass is 10.0. The fraction of sp³-hybridized carbons (Fsp3) is 0.190. The van der Waals surface area contributed by atoms with Crippen LogP contribution in [0.5, 0.6) is 0 Å². The van der Waals surface area contributed by atoms with E-state index in [2.05, 4.69) is 17.2 Å². The molecule has 5 nitrogen and oxygen atoms in total. The Morgan fingerprint density at radius 2 is 1.96 bits per heavy atom. The highest BCUT2D eigenvalue weighted by Gasteiger charge is 2.17. The van der Waals surface area contributed by atoms with Gasteiger partial charge >= 0.3 is 0 Å². The van der Waals surface area contributed by atoms with Gasteiger partial charge in [-0.25, -0.2) is 9.37 Å². The van der Waals surface area contributed by atoms with E-state index in [4.69, 9.17) is 10.1 Å². The van der Waals surface area contributed by atoms with Gasteiger partial charge in [0, 0.05) is 36.3 Å². The van der Waals surface area contributed by atoms with Crippen molar-refractivity contribution >= 4 is 11.5 Å². The molecule has 4 rings (SSSR count). The van der Waals surface area contributed by atoms with E-state index >= 15 is 0 Å². The Bertz CT molecular complexity index is 1070. The average molecular weight is 361 g/mol. The van der Waals surface area contributed by atoms with Crippen LogP contribution < -0.4 is 5.32 Å². The average Bonchev–Trinajstić information content (AvgIpc) is 3.06. The fourth-order valence-corrected chi connectivity index (χ4v) is 3.16. The molecule has 0 aliphatic heterocycles. The highest BCUT2D eigenvalue weighted by molar-refractivity contribution is 5.81. The second-order valence-electron chi connectivity index (χ2n) is 6.42. The summed E-state index contributed by atoms with van der Waals surface area (Å²) in [5.74, 6) is 0.612. The molecule has 0 amide bonds. The van der Waals surface area contributed by atoms with Gasteiger partial charge in [0.2, 0.25) is 0 Å². The number of nitrogens with zero attached hydrogens (tertiary/aromatic N) is 4. The first kappa shape index (κ1) is 17.1. The molecule has 0 bridgehead atoms. The second kappa shape index (κ2) is 7.15. The van der Waals surface area contributed by atoms with Crippen LogP contribution in [0.4, 0.5) is 10.2 Å². The van der Waals surface area contributed by atoms with Crippen LogP contribution in [0, 0.1) is 12.7 Å². The van der Waals surface area contributed by atoms with Gasteiger partial charge in [-0.05, 0) is 42.7 Å². The number of anilines is 1. The fourth-order valence-electron chi connectivity index (χ4n) is 3.16. The molecular weight excluding hydrogens is 341 g/mol. The lowest BCUT2D eigenvalue weighted by Gasteiger charge is -2.09. The molecular formula is C21H20FN5. The zero-order valence-corrected chi connectivity index (χ0v) is 15.3. The maximum atomic E-state index is 13.4. The lowest BCUT2D eigenvalue weighted by Crippen LogP contribution is -2.07. The third kappa shape index (κ3) is 3.38. The molecule has 6 heteroatoms. The van der Waals surface area contributed by atoms with Gasteiger partial charge in [-0.2, -0.15) is 9.61 Å². The van der Waals surface area contributed by atoms with Crippen molar-refractivity contribution in [2.45, 2.75) is 26.8 Å². The lowest BCUT2D eigenvalue weighted by molar-refractivity contribution is 0.628. The smallest absolute Gasteiger partial charge is 0.165 e. The minimum absolute atomic E-state index is 0.253. The number of hydrogen-bond donors (Lipinski definition) is 1. The van der Waals surface area contributed by atoms with Crippen LogP contribution in [0.3, 0.4) is 0 Å². The van der Waals surface area contributed by atoms with Crippen molar-refractivity contribution in [1.29, 1.82) is 0 Å². The van der Waals surface area contributed by atoms with Gasteiger partial charge in [0.1, 0.15) is 11.6 Å². The molecule has 0 atom stereocenters. The standard InChI is InChI=1S/C21H20FN5/c1-3-18-20(16-6-8-17(22)9-7-16)21-25-14(2)11-19(27(21)26-18)24-13-15-5-4-10-23-12-15/h4-12,24H,3,13H2,1-2H3. The summed E-state index contributed by atoms with van der Waals surface area (Å²) in [5.41, 5.74) is 5.55. The number of nitrogens with one attached hydrogen (secondary N) is 1. The predicted octanol–water partition coefficient (Wildman–Crippen LogP) is 4.41. The van der Waals surface area contributed by atoms with Gasteiger partial charge in [-0.1, -0.05) is 25.1 Å². The molecule has 1 N–H and O–H groups in total. The van der Waals surface area contributed by atoms with E-state index in [1.807, 2.05) is 35.8 Å². The number of halogens is 1. The summed E-state index contributed by atoms with van der Waals surface area (Å²) in [5, 5.41) is 8.20. The van der Waals surface area contributed by atoms with Gasteiger partial charge in [-0.3, -0.25) is 4.98 Å². The molecule has 3 heterocycles. The van der Waals surface area contributed by atoms with Crippen molar-refractivity contribution < 1.29 is 4.39 Å². The van der Waals surface area contributed by atoms with E-state index < -0.39 is 0 Å². The number of aryl methyl sites for hydroxylation is 2. The largest absolute Gasteiger partial charge is 0.366 e. The van der Waals surface area contributed by atoms with Crippen LogP contribution >= 0.6 is 0 Å². The summed E-state index contributed by atoms with van der Waals surface area (Å²) in [6.45, 7) is 4.66. The summed E-state index contributed by atoms with van der Waals surface area (Å²) >= 11 is 0. The first-order chi connectivity index (χ1) is 13.2. The Kier molecular flexibility index (Phi) is 4.54. The third-order valence-electron chi connectivity index (χ3n) is 4.45. The number of hydrogen-bond acceptors (Lipinski definition) is 4. The topological polar surface area (TPSA) is 55.1 Å². The van der Waals surface area contributed by atoms with Crippen molar-refractivity contribution in [1.82, 2.24) is 19.6 Å². The zero-order valence-electron chi connectivity index (χ0n) is 15.3. The molecule has 0 unspecified atom stereocenters. The van der Waals surface area contributed by atoms with Gasteiger partial charge < -0.3 is 5.32 Å². The zero-order chi connectivity index (χ0) is 18.8. The number of rotatable bonds is 5.